The number of aryl methyl sites for hydroxylation is 1. The van der Waals surface area contributed by atoms with Crippen molar-refractivity contribution in [2.75, 3.05) is 23.8 Å². The molecule has 0 saturated carbocycles. The van der Waals surface area contributed by atoms with Crippen LogP contribution in [0, 0.1) is 0 Å². The van der Waals surface area contributed by atoms with E-state index in [4.69, 9.17) is 4.74 Å². The van der Waals surface area contributed by atoms with E-state index in [1.807, 2.05) is 12.1 Å². The zero-order chi connectivity index (χ0) is 12.4. The molecule has 1 aromatic rings. The van der Waals surface area contributed by atoms with Crippen LogP contribution in [0.5, 0.6) is 0 Å². The largest absolute Gasteiger partial charge is 0.383 e. The smallest absolute Gasteiger partial charge is 0.253 e. The van der Waals surface area contributed by atoms with E-state index in [9.17, 15) is 4.79 Å². The SMILES string of the molecule is O=C(Nc1cccc2c1NCCC2)C1CCCO1. The van der Waals surface area contributed by atoms with Crippen molar-refractivity contribution in [1.29, 1.82) is 0 Å². The molecule has 1 aromatic carbocycles. The van der Waals surface area contributed by atoms with Gasteiger partial charge in [-0.1, -0.05) is 12.1 Å². The lowest BCUT2D eigenvalue weighted by atomic mass is 10.0. The average molecular weight is 246 g/mol. The molecule has 1 unspecified atom stereocenters. The molecule has 1 atom stereocenters. The quantitative estimate of drug-likeness (QED) is 0.840. The maximum atomic E-state index is 12.0. The van der Waals surface area contributed by atoms with E-state index in [0.717, 1.165) is 43.6 Å². The summed E-state index contributed by atoms with van der Waals surface area (Å²) in [6.07, 6.45) is 3.75. The molecule has 2 heterocycles. The predicted octanol–water partition coefficient (Wildman–Crippen LogP) is 2.16. The molecule has 0 aromatic heterocycles. The van der Waals surface area contributed by atoms with Gasteiger partial charge in [0, 0.05) is 13.2 Å². The van der Waals surface area contributed by atoms with Crippen molar-refractivity contribution in [2.24, 2.45) is 0 Å². The highest BCUT2D eigenvalue weighted by Gasteiger charge is 2.24. The third kappa shape index (κ3) is 2.20. The molecular formula is C14H18N2O2. The topological polar surface area (TPSA) is 50.4 Å². The van der Waals surface area contributed by atoms with Crippen LogP contribution in [0.3, 0.4) is 0 Å². The first-order valence-electron chi connectivity index (χ1n) is 6.63. The number of benzene rings is 1. The van der Waals surface area contributed by atoms with Crippen LogP contribution in [0.25, 0.3) is 0 Å². The van der Waals surface area contributed by atoms with E-state index in [1.165, 1.54) is 5.56 Å². The number of carbonyl (C=O) groups excluding carboxylic acids is 1. The number of nitrogens with one attached hydrogen (secondary N) is 2. The number of para-hydroxylation sites is 1. The van der Waals surface area contributed by atoms with Gasteiger partial charge in [0.05, 0.1) is 11.4 Å². The van der Waals surface area contributed by atoms with Gasteiger partial charge < -0.3 is 15.4 Å². The van der Waals surface area contributed by atoms with E-state index in [-0.39, 0.29) is 12.0 Å². The molecule has 0 spiro atoms. The maximum Gasteiger partial charge on any atom is 0.253 e. The molecule has 1 saturated heterocycles. The molecule has 2 N–H and O–H groups in total. The molecule has 1 amide bonds. The molecule has 2 aliphatic heterocycles. The summed E-state index contributed by atoms with van der Waals surface area (Å²) in [6.45, 7) is 1.67. The number of hydrogen-bond donors (Lipinski definition) is 2. The van der Waals surface area contributed by atoms with Gasteiger partial charge in [0.1, 0.15) is 6.10 Å². The van der Waals surface area contributed by atoms with Crippen molar-refractivity contribution in [1.82, 2.24) is 0 Å². The summed E-state index contributed by atoms with van der Waals surface area (Å²) < 4.78 is 5.40. The van der Waals surface area contributed by atoms with Crippen LogP contribution in [0.4, 0.5) is 11.4 Å². The highest BCUT2D eigenvalue weighted by molar-refractivity contribution is 5.97. The molecule has 1 fully saturated rings. The molecular weight excluding hydrogens is 228 g/mol. The van der Waals surface area contributed by atoms with Gasteiger partial charge in [0.15, 0.2) is 0 Å². The van der Waals surface area contributed by atoms with Crippen molar-refractivity contribution < 1.29 is 9.53 Å². The Bertz CT molecular complexity index is 453. The zero-order valence-corrected chi connectivity index (χ0v) is 10.4. The molecule has 18 heavy (non-hydrogen) atoms. The van der Waals surface area contributed by atoms with Gasteiger partial charge in [-0.25, -0.2) is 0 Å². The van der Waals surface area contributed by atoms with Crippen LogP contribution in [0.1, 0.15) is 24.8 Å². The summed E-state index contributed by atoms with van der Waals surface area (Å²) in [5, 5.41) is 6.36. The molecule has 0 bridgehead atoms. The Balaban J connectivity index is 1.77. The van der Waals surface area contributed by atoms with Crippen LogP contribution >= 0.6 is 0 Å². The third-order valence-corrected chi connectivity index (χ3v) is 3.56. The second-order valence-electron chi connectivity index (χ2n) is 4.86. The van der Waals surface area contributed by atoms with Gasteiger partial charge in [-0.05, 0) is 37.3 Å². The Morgan fingerprint density at radius 1 is 1.39 bits per heavy atom. The molecule has 4 nitrogen and oxygen atoms in total. The lowest BCUT2D eigenvalue weighted by Crippen LogP contribution is -2.27. The number of fused-ring (bicyclic) bond motifs is 1. The first kappa shape index (κ1) is 11.5. The second-order valence-corrected chi connectivity index (χ2v) is 4.86. The molecule has 4 heteroatoms. The van der Waals surface area contributed by atoms with Gasteiger partial charge >= 0.3 is 0 Å². The van der Waals surface area contributed by atoms with E-state index >= 15 is 0 Å². The summed E-state index contributed by atoms with van der Waals surface area (Å²) in [4.78, 5) is 12.0. The zero-order valence-electron chi connectivity index (χ0n) is 10.4. The van der Waals surface area contributed by atoms with Gasteiger partial charge in [-0.15, -0.1) is 0 Å². The number of carbonyl (C=O) groups is 1. The van der Waals surface area contributed by atoms with E-state index < -0.39 is 0 Å². The number of rotatable bonds is 2. The van der Waals surface area contributed by atoms with Crippen molar-refractivity contribution in [3.8, 4) is 0 Å². The van der Waals surface area contributed by atoms with Crippen molar-refractivity contribution in [3.63, 3.8) is 0 Å². The van der Waals surface area contributed by atoms with Crippen LogP contribution < -0.4 is 10.6 Å². The van der Waals surface area contributed by atoms with Crippen molar-refractivity contribution in [3.05, 3.63) is 23.8 Å². The van der Waals surface area contributed by atoms with Crippen LogP contribution in [0.2, 0.25) is 0 Å². The number of anilines is 2. The molecule has 0 radical (unpaired) electrons. The maximum absolute atomic E-state index is 12.0. The van der Waals surface area contributed by atoms with Crippen LogP contribution in [-0.2, 0) is 16.0 Å². The third-order valence-electron chi connectivity index (χ3n) is 3.56. The highest BCUT2D eigenvalue weighted by Crippen LogP contribution is 2.30. The Labute approximate surface area is 107 Å². The van der Waals surface area contributed by atoms with Gasteiger partial charge in [0.25, 0.3) is 5.91 Å². The molecule has 0 aliphatic carbocycles. The molecule has 2 aliphatic rings. The fourth-order valence-electron chi connectivity index (χ4n) is 2.61. The lowest BCUT2D eigenvalue weighted by Gasteiger charge is -2.22. The van der Waals surface area contributed by atoms with E-state index in [0.29, 0.717) is 6.61 Å². The van der Waals surface area contributed by atoms with Crippen molar-refractivity contribution >= 4 is 17.3 Å². The number of hydrogen-bond acceptors (Lipinski definition) is 3. The first-order valence-corrected chi connectivity index (χ1v) is 6.63. The summed E-state index contributed by atoms with van der Waals surface area (Å²) in [5.41, 5.74) is 3.24. The normalized spacial score (nSPS) is 22.1. The number of amides is 1. The Morgan fingerprint density at radius 3 is 3.17 bits per heavy atom. The summed E-state index contributed by atoms with van der Waals surface area (Å²) in [6, 6.07) is 6.06. The van der Waals surface area contributed by atoms with Gasteiger partial charge in [-0.2, -0.15) is 0 Å². The fourth-order valence-corrected chi connectivity index (χ4v) is 2.61. The summed E-state index contributed by atoms with van der Waals surface area (Å²) in [7, 11) is 0. The summed E-state index contributed by atoms with van der Waals surface area (Å²) >= 11 is 0. The predicted molar refractivity (Wildman–Crippen MR) is 70.9 cm³/mol. The van der Waals surface area contributed by atoms with Crippen LogP contribution in [-0.4, -0.2) is 25.2 Å². The fraction of sp³-hybridized carbons (Fsp3) is 0.500. The lowest BCUT2D eigenvalue weighted by molar-refractivity contribution is -0.124. The van der Waals surface area contributed by atoms with Gasteiger partial charge in [-0.3, -0.25) is 4.79 Å². The number of ether oxygens (including phenoxy) is 1. The average Bonchev–Trinajstić information content (AvgIpc) is 2.93. The van der Waals surface area contributed by atoms with E-state index in [2.05, 4.69) is 16.7 Å². The monoisotopic (exact) mass is 246 g/mol. The minimum atomic E-state index is -0.274. The second kappa shape index (κ2) is 4.98. The molecule has 3 rings (SSSR count). The molecule has 96 valence electrons. The van der Waals surface area contributed by atoms with E-state index in [1.54, 1.807) is 0 Å². The minimum absolute atomic E-state index is 0.0201. The highest BCUT2D eigenvalue weighted by atomic mass is 16.5. The Kier molecular flexibility index (Phi) is 3.19. The Morgan fingerprint density at radius 2 is 2.33 bits per heavy atom. The minimum Gasteiger partial charge on any atom is -0.383 e. The first-order chi connectivity index (χ1) is 8.84. The standard InChI is InChI=1S/C14H18N2O2/c17-14(12-7-3-9-18-12)16-11-6-1-4-10-5-2-8-15-13(10)11/h1,4,6,12,15H,2-3,5,7-9H2,(H,16,17). The van der Waals surface area contributed by atoms with Crippen LogP contribution in [0.15, 0.2) is 18.2 Å². The van der Waals surface area contributed by atoms with Crippen molar-refractivity contribution in [2.45, 2.75) is 31.8 Å². The van der Waals surface area contributed by atoms with Gasteiger partial charge in [0.2, 0.25) is 0 Å². The summed E-state index contributed by atoms with van der Waals surface area (Å²) in [5.74, 6) is -0.0201. The Hall–Kier alpha value is -1.55.